The molecule has 0 aliphatic carbocycles. The van der Waals surface area contributed by atoms with E-state index in [0.29, 0.717) is 5.75 Å². The normalized spacial score (nSPS) is 19.9. The molecule has 0 fully saturated rings. The van der Waals surface area contributed by atoms with E-state index in [1.165, 1.54) is 17.8 Å². The van der Waals surface area contributed by atoms with Crippen LogP contribution < -0.4 is 0 Å². The number of rotatable bonds is 1. The summed E-state index contributed by atoms with van der Waals surface area (Å²) in [6.45, 7) is 0. The van der Waals surface area contributed by atoms with Crippen LogP contribution in [0.5, 0.6) is 0 Å². The summed E-state index contributed by atoms with van der Waals surface area (Å²) in [6.07, 6.45) is -0.442. The molecule has 0 saturated heterocycles. The number of benzene rings is 1. The fraction of sp³-hybridized carbons (Fsp3) is 0.222. The Hall–Kier alpha value is -1.00. The van der Waals surface area contributed by atoms with Crippen LogP contribution in [0.2, 0.25) is 0 Å². The number of aromatic carboxylic acids is 1. The molecule has 2 rings (SSSR count). The average molecular weight is 196 g/mol. The van der Waals surface area contributed by atoms with E-state index in [2.05, 4.69) is 0 Å². The first-order valence-electron chi connectivity index (χ1n) is 3.86. The molecule has 0 bridgehead atoms. The largest absolute Gasteiger partial charge is 0.478 e. The first-order valence-corrected chi connectivity index (χ1v) is 4.85. The lowest BCUT2D eigenvalue weighted by molar-refractivity contribution is 0.0696. The number of aliphatic hydroxyl groups is 1. The van der Waals surface area contributed by atoms with Crippen molar-refractivity contribution in [3.63, 3.8) is 0 Å². The summed E-state index contributed by atoms with van der Waals surface area (Å²) in [4.78, 5) is 11.5. The van der Waals surface area contributed by atoms with E-state index in [4.69, 9.17) is 5.11 Å². The Morgan fingerprint density at radius 2 is 2.31 bits per heavy atom. The van der Waals surface area contributed by atoms with Crippen LogP contribution >= 0.6 is 11.8 Å². The fourth-order valence-corrected chi connectivity index (χ4v) is 2.42. The molecule has 1 aliphatic heterocycles. The molecule has 0 radical (unpaired) electrons. The van der Waals surface area contributed by atoms with Gasteiger partial charge in [-0.2, -0.15) is 0 Å². The monoisotopic (exact) mass is 196 g/mol. The van der Waals surface area contributed by atoms with Crippen LogP contribution in [0.15, 0.2) is 23.1 Å². The van der Waals surface area contributed by atoms with Crippen LogP contribution in [0.1, 0.15) is 22.0 Å². The third kappa shape index (κ3) is 1.43. The van der Waals surface area contributed by atoms with Crippen molar-refractivity contribution >= 4 is 17.7 Å². The van der Waals surface area contributed by atoms with E-state index in [1.54, 1.807) is 12.1 Å². The van der Waals surface area contributed by atoms with Crippen molar-refractivity contribution in [1.82, 2.24) is 0 Å². The fourth-order valence-electron chi connectivity index (χ4n) is 1.33. The zero-order valence-electron chi connectivity index (χ0n) is 6.73. The molecule has 1 aromatic rings. The van der Waals surface area contributed by atoms with Gasteiger partial charge in [-0.15, -0.1) is 11.8 Å². The molecule has 68 valence electrons. The molecule has 13 heavy (non-hydrogen) atoms. The van der Waals surface area contributed by atoms with E-state index in [9.17, 15) is 9.90 Å². The number of thioether (sulfide) groups is 1. The van der Waals surface area contributed by atoms with Gasteiger partial charge in [0.2, 0.25) is 0 Å². The van der Waals surface area contributed by atoms with Crippen LogP contribution in [0.4, 0.5) is 0 Å². The first kappa shape index (κ1) is 8.59. The predicted molar refractivity (Wildman–Crippen MR) is 49.1 cm³/mol. The summed E-state index contributed by atoms with van der Waals surface area (Å²) in [5, 5.41) is 18.2. The van der Waals surface area contributed by atoms with Crippen LogP contribution in [0.25, 0.3) is 0 Å². The van der Waals surface area contributed by atoms with Crippen molar-refractivity contribution < 1.29 is 15.0 Å². The van der Waals surface area contributed by atoms with Crippen molar-refractivity contribution in [2.45, 2.75) is 11.0 Å². The molecule has 1 aliphatic rings. The van der Waals surface area contributed by atoms with Crippen molar-refractivity contribution in [3.8, 4) is 0 Å². The minimum Gasteiger partial charge on any atom is -0.478 e. The smallest absolute Gasteiger partial charge is 0.335 e. The Balaban J connectivity index is 2.45. The van der Waals surface area contributed by atoms with Gasteiger partial charge < -0.3 is 10.2 Å². The topological polar surface area (TPSA) is 57.5 Å². The van der Waals surface area contributed by atoms with Gasteiger partial charge in [0.05, 0.1) is 11.7 Å². The van der Waals surface area contributed by atoms with Crippen molar-refractivity contribution in [3.05, 3.63) is 29.3 Å². The lowest BCUT2D eigenvalue weighted by atomic mass is 10.1. The summed E-state index contributed by atoms with van der Waals surface area (Å²) < 4.78 is 0. The van der Waals surface area contributed by atoms with E-state index in [1.807, 2.05) is 0 Å². The van der Waals surface area contributed by atoms with E-state index in [0.717, 1.165) is 10.5 Å². The van der Waals surface area contributed by atoms with Gasteiger partial charge in [-0.05, 0) is 17.7 Å². The zero-order valence-corrected chi connectivity index (χ0v) is 7.54. The highest BCUT2D eigenvalue weighted by Crippen LogP contribution is 2.38. The molecule has 1 aromatic carbocycles. The summed E-state index contributed by atoms with van der Waals surface area (Å²) in [5.41, 5.74) is 1.12. The molecular formula is C9H8O3S. The van der Waals surface area contributed by atoms with Gasteiger partial charge >= 0.3 is 5.97 Å². The quantitative estimate of drug-likeness (QED) is 0.715. The molecule has 0 saturated carbocycles. The lowest BCUT2D eigenvalue weighted by Gasteiger charge is -2.02. The first-order chi connectivity index (χ1) is 6.18. The summed E-state index contributed by atoms with van der Waals surface area (Å²) in [5.74, 6) is -0.303. The van der Waals surface area contributed by atoms with Crippen molar-refractivity contribution in [2.24, 2.45) is 0 Å². The number of aliphatic hydroxyl groups excluding tert-OH is 1. The van der Waals surface area contributed by atoms with Crippen LogP contribution in [0, 0.1) is 0 Å². The molecule has 4 heteroatoms. The van der Waals surface area contributed by atoms with E-state index < -0.39 is 12.1 Å². The van der Waals surface area contributed by atoms with E-state index in [-0.39, 0.29) is 5.56 Å². The molecule has 0 aromatic heterocycles. The lowest BCUT2D eigenvalue weighted by Crippen LogP contribution is -1.98. The van der Waals surface area contributed by atoms with Gasteiger partial charge in [-0.1, -0.05) is 6.07 Å². The Kier molecular flexibility index (Phi) is 2.01. The maximum atomic E-state index is 10.6. The second-order valence-electron chi connectivity index (χ2n) is 2.88. The summed E-state index contributed by atoms with van der Waals surface area (Å²) >= 11 is 1.49. The van der Waals surface area contributed by atoms with Gasteiger partial charge in [0.25, 0.3) is 0 Å². The third-order valence-corrected chi connectivity index (χ3v) is 3.16. The number of carboxylic acid groups (broad SMARTS) is 1. The van der Waals surface area contributed by atoms with Crippen LogP contribution in [0.3, 0.4) is 0 Å². The summed E-state index contributed by atoms with van der Waals surface area (Å²) in [7, 11) is 0. The number of fused-ring (bicyclic) bond motifs is 1. The second-order valence-corrected chi connectivity index (χ2v) is 3.95. The summed E-state index contributed by atoms with van der Waals surface area (Å²) in [6, 6.07) is 4.82. The standard InChI is InChI=1S/C9H8O3S/c10-7-4-13-8-3-5(9(11)12)1-2-6(7)8/h1-3,7,10H,4H2,(H,11,12). The minimum absolute atomic E-state index is 0.278. The predicted octanol–water partition coefficient (Wildman–Crippen LogP) is 1.52. The molecular weight excluding hydrogens is 188 g/mol. The molecule has 3 nitrogen and oxygen atoms in total. The van der Waals surface area contributed by atoms with Gasteiger partial charge in [0, 0.05) is 10.6 Å². The van der Waals surface area contributed by atoms with Crippen molar-refractivity contribution in [1.29, 1.82) is 0 Å². The Morgan fingerprint density at radius 3 is 3.00 bits per heavy atom. The Morgan fingerprint density at radius 1 is 1.54 bits per heavy atom. The molecule has 1 heterocycles. The SMILES string of the molecule is O=C(O)c1ccc2c(c1)SCC2O. The highest BCUT2D eigenvalue weighted by atomic mass is 32.2. The third-order valence-electron chi connectivity index (χ3n) is 2.02. The maximum absolute atomic E-state index is 10.6. The Labute approximate surface area is 79.4 Å². The van der Waals surface area contributed by atoms with Gasteiger partial charge in [-0.3, -0.25) is 0 Å². The minimum atomic E-state index is -0.926. The number of hydrogen-bond acceptors (Lipinski definition) is 3. The van der Waals surface area contributed by atoms with Gasteiger partial charge in [0.15, 0.2) is 0 Å². The second kappa shape index (κ2) is 3.05. The van der Waals surface area contributed by atoms with Gasteiger partial charge in [0.1, 0.15) is 0 Å². The Bertz CT molecular complexity index is 362. The highest BCUT2D eigenvalue weighted by molar-refractivity contribution is 7.99. The van der Waals surface area contributed by atoms with Crippen LogP contribution in [-0.2, 0) is 0 Å². The molecule has 1 atom stereocenters. The molecule has 0 spiro atoms. The van der Waals surface area contributed by atoms with Gasteiger partial charge in [-0.25, -0.2) is 4.79 Å². The molecule has 1 unspecified atom stereocenters. The molecule has 0 amide bonds. The van der Waals surface area contributed by atoms with Crippen LogP contribution in [-0.4, -0.2) is 21.9 Å². The average Bonchev–Trinajstić information content (AvgIpc) is 2.47. The number of carbonyl (C=O) groups is 1. The van der Waals surface area contributed by atoms with E-state index >= 15 is 0 Å². The molecule has 2 N–H and O–H groups in total. The number of hydrogen-bond donors (Lipinski definition) is 2. The van der Waals surface area contributed by atoms with Crippen molar-refractivity contribution in [2.75, 3.05) is 5.75 Å². The maximum Gasteiger partial charge on any atom is 0.335 e. The highest BCUT2D eigenvalue weighted by Gasteiger charge is 2.21. The zero-order chi connectivity index (χ0) is 9.42. The number of carboxylic acids is 1.